The summed E-state index contributed by atoms with van der Waals surface area (Å²) < 4.78 is 0. The molecule has 0 N–H and O–H groups in total. The average Bonchev–Trinajstić information content (AvgIpc) is 3.02. The van der Waals surface area contributed by atoms with Crippen molar-refractivity contribution in [1.82, 2.24) is 4.90 Å². The molecule has 1 fully saturated rings. The number of anilines is 2. The largest absolute Gasteiger partial charge is 1.00 e. The molecule has 2 aromatic carbocycles. The molecular formula is C20H20ClN2O-. The van der Waals surface area contributed by atoms with Crippen LogP contribution in [0.1, 0.15) is 24.0 Å². The van der Waals surface area contributed by atoms with Gasteiger partial charge >= 0.3 is 0 Å². The van der Waals surface area contributed by atoms with Crippen molar-refractivity contribution in [3.05, 3.63) is 59.7 Å². The number of para-hydroxylation sites is 2. The minimum absolute atomic E-state index is 0. The fourth-order valence-electron chi connectivity index (χ4n) is 3.44. The molecule has 1 saturated heterocycles. The molecule has 0 aromatic heterocycles. The monoisotopic (exact) mass is 339 g/mol. The third-order valence-corrected chi connectivity index (χ3v) is 4.60. The highest BCUT2D eigenvalue weighted by Gasteiger charge is 2.26. The number of nitrogens with zero attached hydrogens (tertiary/aromatic N) is 2. The van der Waals surface area contributed by atoms with E-state index in [-0.39, 0.29) is 18.3 Å². The van der Waals surface area contributed by atoms with Crippen molar-refractivity contribution in [3.63, 3.8) is 0 Å². The fourth-order valence-corrected chi connectivity index (χ4v) is 3.44. The molecule has 0 saturated carbocycles. The number of benzene rings is 2. The molecule has 0 radical (unpaired) electrons. The molecular weight excluding hydrogens is 320 g/mol. The van der Waals surface area contributed by atoms with Crippen LogP contribution in [-0.2, 0) is 4.79 Å². The lowest BCUT2D eigenvalue weighted by Crippen LogP contribution is -3.00. The van der Waals surface area contributed by atoms with Crippen LogP contribution in [0.15, 0.2) is 48.5 Å². The molecule has 0 atom stereocenters. The second kappa shape index (κ2) is 7.20. The molecule has 0 unspecified atom stereocenters. The lowest BCUT2D eigenvalue weighted by molar-refractivity contribution is -0.118. The quantitative estimate of drug-likeness (QED) is 0.813. The molecule has 0 spiro atoms. The van der Waals surface area contributed by atoms with Gasteiger partial charge in [-0.05, 0) is 49.2 Å². The zero-order valence-electron chi connectivity index (χ0n) is 13.5. The average molecular weight is 340 g/mol. The maximum atomic E-state index is 13.1. The van der Waals surface area contributed by atoms with E-state index in [2.05, 4.69) is 29.2 Å². The highest BCUT2D eigenvalue weighted by molar-refractivity contribution is 6.07. The maximum absolute atomic E-state index is 13.1. The smallest absolute Gasteiger partial charge is 0.245 e. The fraction of sp³-hybridized carbons (Fsp3) is 0.250. The van der Waals surface area contributed by atoms with E-state index < -0.39 is 0 Å². The Morgan fingerprint density at radius 3 is 1.88 bits per heavy atom. The number of hydrogen-bond acceptors (Lipinski definition) is 2. The highest BCUT2D eigenvalue weighted by atomic mass is 35.5. The summed E-state index contributed by atoms with van der Waals surface area (Å²) in [4.78, 5) is 17.2. The van der Waals surface area contributed by atoms with Gasteiger partial charge in [0.2, 0.25) is 5.91 Å². The van der Waals surface area contributed by atoms with Gasteiger partial charge in [-0.25, -0.2) is 0 Å². The Balaban J connectivity index is 0.00000169. The Labute approximate surface area is 149 Å². The van der Waals surface area contributed by atoms with E-state index in [1.54, 1.807) is 0 Å². The van der Waals surface area contributed by atoms with E-state index in [0.717, 1.165) is 35.6 Å². The number of likely N-dealkylation sites (tertiary alicyclic amines) is 1. The summed E-state index contributed by atoms with van der Waals surface area (Å²) in [5.74, 6) is 0.149. The van der Waals surface area contributed by atoms with Crippen LogP contribution in [0.3, 0.4) is 0 Å². The summed E-state index contributed by atoms with van der Waals surface area (Å²) in [7, 11) is 0. The van der Waals surface area contributed by atoms with Gasteiger partial charge in [0.25, 0.3) is 0 Å². The molecule has 1 amide bonds. The summed E-state index contributed by atoms with van der Waals surface area (Å²) in [5.41, 5.74) is 4.10. The van der Waals surface area contributed by atoms with Gasteiger partial charge in [0.05, 0.1) is 17.9 Å². The first-order valence-electron chi connectivity index (χ1n) is 8.24. The predicted octanol–water partition coefficient (Wildman–Crippen LogP) is 0.935. The van der Waals surface area contributed by atoms with Crippen LogP contribution in [0.2, 0.25) is 0 Å². The number of carbonyl (C=O) groups excluding carboxylic acids is 1. The molecule has 2 aromatic rings. The number of rotatable bonds is 2. The van der Waals surface area contributed by atoms with Gasteiger partial charge in [-0.2, -0.15) is 0 Å². The normalized spacial score (nSPS) is 16.1. The van der Waals surface area contributed by atoms with E-state index >= 15 is 0 Å². The molecule has 2 aliphatic heterocycles. The van der Waals surface area contributed by atoms with Gasteiger partial charge in [-0.3, -0.25) is 14.6 Å². The van der Waals surface area contributed by atoms with Crippen LogP contribution < -0.4 is 17.3 Å². The second-order valence-corrected chi connectivity index (χ2v) is 6.16. The van der Waals surface area contributed by atoms with Crippen molar-refractivity contribution in [1.29, 1.82) is 0 Å². The molecule has 4 rings (SSSR count). The molecule has 2 aliphatic rings. The van der Waals surface area contributed by atoms with Gasteiger partial charge in [0.1, 0.15) is 0 Å². The van der Waals surface area contributed by atoms with Crippen molar-refractivity contribution in [2.45, 2.75) is 12.8 Å². The van der Waals surface area contributed by atoms with Gasteiger partial charge < -0.3 is 12.4 Å². The number of halogens is 1. The second-order valence-electron chi connectivity index (χ2n) is 6.16. The van der Waals surface area contributed by atoms with E-state index in [4.69, 9.17) is 0 Å². The summed E-state index contributed by atoms with van der Waals surface area (Å²) in [6.07, 6.45) is 6.58. The lowest BCUT2D eigenvalue weighted by atomic mass is 10.1. The van der Waals surface area contributed by atoms with Crippen molar-refractivity contribution in [2.24, 2.45) is 0 Å². The van der Waals surface area contributed by atoms with Gasteiger partial charge in [0.15, 0.2) is 0 Å². The minimum atomic E-state index is 0. The van der Waals surface area contributed by atoms with Crippen LogP contribution in [0.25, 0.3) is 12.2 Å². The first kappa shape index (κ1) is 16.7. The SMILES string of the molecule is O=C(CN1CCCC1)N1c2ccccc2C=Cc2ccccc21.[Cl-]. The predicted molar refractivity (Wildman–Crippen MR) is 94.6 cm³/mol. The summed E-state index contributed by atoms with van der Waals surface area (Å²) >= 11 is 0. The Kier molecular flexibility index (Phi) is 5.03. The van der Waals surface area contributed by atoms with Crippen LogP contribution in [-0.4, -0.2) is 30.4 Å². The number of amides is 1. The Morgan fingerprint density at radius 1 is 0.833 bits per heavy atom. The molecule has 24 heavy (non-hydrogen) atoms. The van der Waals surface area contributed by atoms with Crippen molar-refractivity contribution in [2.75, 3.05) is 24.5 Å². The van der Waals surface area contributed by atoms with Gasteiger partial charge in [-0.1, -0.05) is 48.6 Å². The minimum Gasteiger partial charge on any atom is -1.00 e. The molecule has 4 heteroatoms. The molecule has 2 heterocycles. The molecule has 3 nitrogen and oxygen atoms in total. The third kappa shape index (κ3) is 3.10. The summed E-state index contributed by atoms with van der Waals surface area (Å²) in [6.45, 7) is 2.55. The zero-order valence-corrected chi connectivity index (χ0v) is 14.2. The number of fused-ring (bicyclic) bond motifs is 2. The summed E-state index contributed by atoms with van der Waals surface area (Å²) in [6, 6.07) is 16.2. The highest BCUT2D eigenvalue weighted by Crippen LogP contribution is 2.36. The topological polar surface area (TPSA) is 23.6 Å². The molecule has 0 aliphatic carbocycles. The van der Waals surface area contributed by atoms with Crippen LogP contribution in [0.4, 0.5) is 11.4 Å². The standard InChI is InChI=1S/C20H20N2O.ClH/c23-20(15-21-13-5-6-14-21)22-18-9-3-1-7-16(18)11-12-17-8-2-4-10-19(17)22;/h1-4,7-12H,5-6,13-15H2;1H/p-1. The van der Waals surface area contributed by atoms with Crippen LogP contribution >= 0.6 is 0 Å². The Hall–Kier alpha value is -2.10. The van der Waals surface area contributed by atoms with Crippen molar-refractivity contribution >= 4 is 29.4 Å². The Bertz CT molecular complexity index is 716. The zero-order chi connectivity index (χ0) is 15.6. The number of hydrogen-bond donors (Lipinski definition) is 0. The maximum Gasteiger partial charge on any atom is 0.245 e. The van der Waals surface area contributed by atoms with Crippen LogP contribution in [0.5, 0.6) is 0 Å². The van der Waals surface area contributed by atoms with Crippen LogP contribution in [0, 0.1) is 0 Å². The van der Waals surface area contributed by atoms with Crippen molar-refractivity contribution in [3.8, 4) is 0 Å². The first-order chi connectivity index (χ1) is 11.3. The van der Waals surface area contributed by atoms with E-state index in [1.807, 2.05) is 41.3 Å². The number of carbonyl (C=O) groups is 1. The third-order valence-electron chi connectivity index (χ3n) is 4.60. The van der Waals surface area contributed by atoms with E-state index in [1.165, 1.54) is 12.8 Å². The molecule has 124 valence electrons. The van der Waals surface area contributed by atoms with E-state index in [9.17, 15) is 4.79 Å². The van der Waals surface area contributed by atoms with E-state index in [0.29, 0.717) is 6.54 Å². The van der Waals surface area contributed by atoms with Crippen molar-refractivity contribution < 1.29 is 17.2 Å². The summed E-state index contributed by atoms with van der Waals surface area (Å²) in [5, 5.41) is 0. The van der Waals surface area contributed by atoms with Gasteiger partial charge in [-0.15, -0.1) is 0 Å². The lowest BCUT2D eigenvalue weighted by Gasteiger charge is -2.27. The molecule has 0 bridgehead atoms. The Morgan fingerprint density at radius 2 is 1.33 bits per heavy atom. The first-order valence-corrected chi connectivity index (χ1v) is 8.24. The van der Waals surface area contributed by atoms with Gasteiger partial charge in [0, 0.05) is 0 Å².